The number of aromatic nitrogens is 1. The Bertz CT molecular complexity index is 1000. The van der Waals surface area contributed by atoms with Gasteiger partial charge < -0.3 is 10.2 Å². The van der Waals surface area contributed by atoms with E-state index in [0.29, 0.717) is 17.7 Å². The molecule has 32 heavy (non-hydrogen) atoms. The van der Waals surface area contributed by atoms with Gasteiger partial charge in [0.2, 0.25) is 5.91 Å². The van der Waals surface area contributed by atoms with Gasteiger partial charge in [-0.25, -0.2) is 0 Å². The van der Waals surface area contributed by atoms with Crippen molar-refractivity contribution in [3.05, 3.63) is 102 Å². The normalized spacial score (nSPS) is 15.0. The van der Waals surface area contributed by atoms with E-state index in [1.54, 1.807) is 29.4 Å². The maximum atomic E-state index is 13.7. The van der Waals surface area contributed by atoms with E-state index < -0.39 is 6.04 Å². The predicted octanol–water partition coefficient (Wildman–Crippen LogP) is 4.91. The van der Waals surface area contributed by atoms with Crippen molar-refractivity contribution in [1.29, 1.82) is 0 Å². The second-order valence-electron chi connectivity index (χ2n) is 8.32. The van der Waals surface area contributed by atoms with E-state index >= 15 is 0 Å². The average Bonchev–Trinajstić information content (AvgIpc) is 2.86. The van der Waals surface area contributed by atoms with Crippen LogP contribution in [0.1, 0.15) is 59.6 Å². The quantitative estimate of drug-likeness (QED) is 0.582. The monoisotopic (exact) mass is 427 g/mol. The molecule has 1 atom stereocenters. The third-order valence-corrected chi connectivity index (χ3v) is 5.99. The Labute approximate surface area is 189 Å². The lowest BCUT2D eigenvalue weighted by Gasteiger charge is -2.33. The molecule has 5 heteroatoms. The largest absolute Gasteiger partial charge is 0.351 e. The minimum atomic E-state index is -0.765. The fourth-order valence-corrected chi connectivity index (χ4v) is 4.34. The lowest BCUT2D eigenvalue weighted by Crippen LogP contribution is -2.46. The summed E-state index contributed by atoms with van der Waals surface area (Å²) in [5, 5.41) is 3.23. The Morgan fingerprint density at radius 1 is 0.906 bits per heavy atom. The number of amides is 2. The highest BCUT2D eigenvalue weighted by Crippen LogP contribution is 2.27. The van der Waals surface area contributed by atoms with Gasteiger partial charge in [-0.3, -0.25) is 14.6 Å². The number of hydrogen-bond acceptors (Lipinski definition) is 3. The van der Waals surface area contributed by atoms with Crippen LogP contribution in [-0.4, -0.2) is 27.7 Å². The van der Waals surface area contributed by atoms with Crippen LogP contribution in [-0.2, 0) is 11.3 Å². The third-order valence-electron chi connectivity index (χ3n) is 5.99. The molecule has 0 saturated heterocycles. The van der Waals surface area contributed by atoms with Gasteiger partial charge >= 0.3 is 0 Å². The zero-order valence-electron chi connectivity index (χ0n) is 18.2. The van der Waals surface area contributed by atoms with Gasteiger partial charge in [0.05, 0.1) is 0 Å². The molecule has 1 aromatic heterocycles. The Kier molecular flexibility index (Phi) is 7.28. The van der Waals surface area contributed by atoms with Crippen LogP contribution in [0.5, 0.6) is 0 Å². The first-order valence-corrected chi connectivity index (χ1v) is 11.3. The number of rotatable bonds is 7. The van der Waals surface area contributed by atoms with Gasteiger partial charge in [0.15, 0.2) is 0 Å². The van der Waals surface area contributed by atoms with Crippen molar-refractivity contribution in [2.45, 2.75) is 50.7 Å². The van der Waals surface area contributed by atoms with Crippen LogP contribution in [0, 0.1) is 0 Å². The van der Waals surface area contributed by atoms with Crippen molar-refractivity contribution < 1.29 is 9.59 Å². The fourth-order valence-electron chi connectivity index (χ4n) is 4.34. The number of hydrogen-bond donors (Lipinski definition) is 1. The van der Waals surface area contributed by atoms with Crippen molar-refractivity contribution in [1.82, 2.24) is 15.2 Å². The molecule has 164 valence electrons. The summed E-state index contributed by atoms with van der Waals surface area (Å²) in [6.45, 7) is 0.326. The summed E-state index contributed by atoms with van der Waals surface area (Å²) in [7, 11) is 0. The summed E-state index contributed by atoms with van der Waals surface area (Å²) in [6, 6.07) is 22.0. The molecule has 4 rings (SSSR count). The van der Waals surface area contributed by atoms with Crippen molar-refractivity contribution in [2.24, 2.45) is 0 Å². The summed E-state index contributed by atoms with van der Waals surface area (Å²) in [5.41, 5.74) is 2.24. The van der Waals surface area contributed by atoms with Crippen molar-refractivity contribution in [3.63, 3.8) is 0 Å². The second kappa shape index (κ2) is 10.7. The minimum Gasteiger partial charge on any atom is -0.351 e. The summed E-state index contributed by atoms with van der Waals surface area (Å²) in [6.07, 6.45) is 8.79. The molecule has 0 aliphatic heterocycles. The molecule has 1 fully saturated rings. The number of pyridine rings is 1. The number of benzene rings is 2. The summed E-state index contributed by atoms with van der Waals surface area (Å²) >= 11 is 0. The van der Waals surface area contributed by atoms with E-state index in [2.05, 4.69) is 10.3 Å². The van der Waals surface area contributed by atoms with Gasteiger partial charge in [-0.15, -0.1) is 0 Å². The van der Waals surface area contributed by atoms with Gasteiger partial charge in [-0.2, -0.15) is 0 Å². The van der Waals surface area contributed by atoms with Crippen LogP contribution in [0.2, 0.25) is 0 Å². The topological polar surface area (TPSA) is 62.3 Å². The Morgan fingerprint density at radius 3 is 2.25 bits per heavy atom. The van der Waals surface area contributed by atoms with Crippen LogP contribution in [0.3, 0.4) is 0 Å². The van der Waals surface area contributed by atoms with E-state index in [-0.39, 0.29) is 17.9 Å². The zero-order valence-corrected chi connectivity index (χ0v) is 18.2. The molecule has 0 radical (unpaired) electrons. The minimum absolute atomic E-state index is 0.148. The first kappa shape index (κ1) is 21.8. The van der Waals surface area contributed by atoms with E-state index in [4.69, 9.17) is 0 Å². The van der Waals surface area contributed by atoms with E-state index in [1.165, 1.54) is 6.42 Å². The summed E-state index contributed by atoms with van der Waals surface area (Å²) < 4.78 is 0. The average molecular weight is 428 g/mol. The lowest BCUT2D eigenvalue weighted by molar-refractivity contribution is -0.127. The van der Waals surface area contributed by atoms with Gasteiger partial charge in [0, 0.05) is 36.1 Å². The molecule has 1 saturated carbocycles. The number of nitrogens with one attached hydrogen (secondary N) is 1. The molecule has 1 unspecified atom stereocenters. The first-order chi connectivity index (χ1) is 15.7. The molecule has 1 heterocycles. The van der Waals surface area contributed by atoms with Crippen LogP contribution in [0.15, 0.2) is 85.2 Å². The number of carbonyl (C=O) groups is 2. The number of carbonyl (C=O) groups excluding carboxylic acids is 2. The van der Waals surface area contributed by atoms with Crippen LogP contribution >= 0.6 is 0 Å². The first-order valence-electron chi connectivity index (χ1n) is 11.3. The Morgan fingerprint density at radius 2 is 1.59 bits per heavy atom. The molecule has 1 aliphatic rings. The maximum absolute atomic E-state index is 13.7. The molecule has 1 aliphatic carbocycles. The molecule has 0 spiro atoms. The molecule has 2 amide bonds. The molecular weight excluding hydrogens is 398 g/mol. The highest BCUT2D eigenvalue weighted by Gasteiger charge is 2.33. The van der Waals surface area contributed by atoms with Crippen LogP contribution < -0.4 is 5.32 Å². The van der Waals surface area contributed by atoms with E-state index in [1.807, 2.05) is 60.7 Å². The Hall–Kier alpha value is -3.47. The van der Waals surface area contributed by atoms with E-state index in [9.17, 15) is 9.59 Å². The van der Waals surface area contributed by atoms with Crippen molar-refractivity contribution in [2.75, 3.05) is 0 Å². The van der Waals surface area contributed by atoms with E-state index in [0.717, 1.165) is 31.2 Å². The highest BCUT2D eigenvalue weighted by atomic mass is 16.2. The number of nitrogens with zero attached hydrogens (tertiary/aromatic N) is 2. The molecule has 3 aromatic rings. The summed E-state index contributed by atoms with van der Waals surface area (Å²) in [5.74, 6) is -0.327. The Balaban J connectivity index is 1.71. The maximum Gasteiger partial charge on any atom is 0.255 e. The second-order valence-corrected chi connectivity index (χ2v) is 8.32. The third kappa shape index (κ3) is 5.41. The fraction of sp³-hybridized carbons (Fsp3) is 0.296. The predicted molar refractivity (Wildman–Crippen MR) is 125 cm³/mol. The molecule has 5 nitrogen and oxygen atoms in total. The van der Waals surface area contributed by atoms with Crippen LogP contribution in [0.4, 0.5) is 0 Å². The molecule has 1 N–H and O–H groups in total. The highest BCUT2D eigenvalue weighted by molar-refractivity contribution is 5.98. The molecular formula is C27H29N3O2. The summed E-state index contributed by atoms with van der Waals surface area (Å²) in [4.78, 5) is 33.2. The van der Waals surface area contributed by atoms with Crippen LogP contribution in [0.25, 0.3) is 0 Å². The van der Waals surface area contributed by atoms with Gasteiger partial charge in [-0.1, -0.05) is 73.9 Å². The van der Waals surface area contributed by atoms with Gasteiger partial charge in [0.25, 0.3) is 5.91 Å². The van der Waals surface area contributed by atoms with Crippen molar-refractivity contribution >= 4 is 11.8 Å². The smallest absolute Gasteiger partial charge is 0.255 e. The SMILES string of the molecule is O=C(NC1CCCCC1)C(c1cccnc1)N(Cc1ccccc1)C(=O)c1ccccc1. The standard InChI is InChI=1S/C27H29N3O2/c31-26(29-24-16-8-3-9-17-24)25(23-15-10-18-28-19-23)30(20-21-11-4-1-5-12-21)27(32)22-13-6-2-7-14-22/h1-2,4-7,10-15,18-19,24-25H,3,8-9,16-17,20H2,(H,29,31). The van der Waals surface area contributed by atoms with Crippen molar-refractivity contribution in [3.8, 4) is 0 Å². The molecule has 2 aromatic carbocycles. The molecule has 0 bridgehead atoms. The zero-order chi connectivity index (χ0) is 22.2. The lowest BCUT2D eigenvalue weighted by atomic mass is 9.94. The van der Waals surface area contributed by atoms with Gasteiger partial charge in [0.1, 0.15) is 6.04 Å². The van der Waals surface area contributed by atoms with Gasteiger partial charge in [-0.05, 0) is 36.6 Å².